The predicted octanol–water partition coefficient (Wildman–Crippen LogP) is 0.944. The van der Waals surface area contributed by atoms with E-state index in [0.29, 0.717) is 0 Å². The third kappa shape index (κ3) is 3.13. The van der Waals surface area contributed by atoms with Crippen LogP contribution in [0.3, 0.4) is 0 Å². The van der Waals surface area contributed by atoms with Crippen molar-refractivity contribution in [1.82, 2.24) is 25.2 Å². The zero-order valence-electron chi connectivity index (χ0n) is 10.8. The molecule has 0 bridgehead atoms. The maximum absolute atomic E-state index is 4.60. The first-order valence-electron chi connectivity index (χ1n) is 6.58. The van der Waals surface area contributed by atoms with Gasteiger partial charge in [0, 0.05) is 38.6 Å². The lowest BCUT2D eigenvalue weighted by atomic mass is 10.2. The van der Waals surface area contributed by atoms with Gasteiger partial charge < -0.3 is 5.32 Å². The summed E-state index contributed by atoms with van der Waals surface area (Å²) in [5.41, 5.74) is 1.78. The van der Waals surface area contributed by atoms with Gasteiger partial charge in [0.2, 0.25) is 0 Å². The van der Waals surface area contributed by atoms with Crippen molar-refractivity contribution < 1.29 is 0 Å². The van der Waals surface area contributed by atoms with E-state index >= 15 is 0 Å². The van der Waals surface area contributed by atoms with Crippen LogP contribution in [0.25, 0.3) is 11.4 Å². The second-order valence-corrected chi connectivity index (χ2v) is 4.60. The van der Waals surface area contributed by atoms with Crippen molar-refractivity contribution in [3.05, 3.63) is 42.5 Å². The lowest BCUT2D eigenvalue weighted by Crippen LogP contribution is -2.43. The SMILES string of the molecule is c1ccc(-c2ccnc(CN3CCNCC3)n2)nc1. The van der Waals surface area contributed by atoms with Crippen molar-refractivity contribution >= 4 is 0 Å². The summed E-state index contributed by atoms with van der Waals surface area (Å²) in [5.74, 6) is 0.866. The van der Waals surface area contributed by atoms with Crippen LogP contribution in [0.4, 0.5) is 0 Å². The van der Waals surface area contributed by atoms with Crippen molar-refractivity contribution in [1.29, 1.82) is 0 Å². The van der Waals surface area contributed by atoms with E-state index in [1.165, 1.54) is 0 Å². The smallest absolute Gasteiger partial charge is 0.142 e. The van der Waals surface area contributed by atoms with Crippen LogP contribution in [-0.4, -0.2) is 46.0 Å². The Balaban J connectivity index is 1.76. The first-order valence-corrected chi connectivity index (χ1v) is 6.58. The van der Waals surface area contributed by atoms with E-state index in [0.717, 1.165) is 49.9 Å². The van der Waals surface area contributed by atoms with Gasteiger partial charge in [-0.1, -0.05) is 6.07 Å². The fraction of sp³-hybridized carbons (Fsp3) is 0.357. The van der Waals surface area contributed by atoms with E-state index in [4.69, 9.17) is 0 Å². The molecule has 2 aromatic rings. The number of piperazine rings is 1. The van der Waals surface area contributed by atoms with Crippen LogP contribution in [-0.2, 0) is 6.54 Å². The molecule has 1 fully saturated rings. The van der Waals surface area contributed by atoms with Gasteiger partial charge in [0.25, 0.3) is 0 Å². The minimum Gasteiger partial charge on any atom is -0.314 e. The van der Waals surface area contributed by atoms with Crippen LogP contribution >= 0.6 is 0 Å². The van der Waals surface area contributed by atoms with Crippen LogP contribution in [0.1, 0.15) is 5.82 Å². The maximum Gasteiger partial charge on any atom is 0.142 e. The van der Waals surface area contributed by atoms with E-state index in [2.05, 4.69) is 25.2 Å². The van der Waals surface area contributed by atoms with E-state index in [1.54, 1.807) is 6.20 Å². The Morgan fingerprint density at radius 2 is 1.89 bits per heavy atom. The molecule has 3 heterocycles. The molecule has 19 heavy (non-hydrogen) atoms. The van der Waals surface area contributed by atoms with Crippen LogP contribution in [0.5, 0.6) is 0 Å². The summed E-state index contributed by atoms with van der Waals surface area (Å²) in [6, 6.07) is 7.76. The monoisotopic (exact) mass is 255 g/mol. The Bertz CT molecular complexity index is 522. The molecular weight excluding hydrogens is 238 g/mol. The molecule has 0 radical (unpaired) electrons. The van der Waals surface area contributed by atoms with E-state index in [-0.39, 0.29) is 0 Å². The normalized spacial score (nSPS) is 16.4. The van der Waals surface area contributed by atoms with Gasteiger partial charge in [-0.15, -0.1) is 0 Å². The second-order valence-electron chi connectivity index (χ2n) is 4.60. The highest BCUT2D eigenvalue weighted by atomic mass is 15.2. The summed E-state index contributed by atoms with van der Waals surface area (Å²) in [4.78, 5) is 15.7. The first kappa shape index (κ1) is 12.2. The third-order valence-electron chi connectivity index (χ3n) is 3.21. The van der Waals surface area contributed by atoms with Gasteiger partial charge in [-0.25, -0.2) is 9.97 Å². The van der Waals surface area contributed by atoms with Crippen molar-refractivity contribution in [3.63, 3.8) is 0 Å². The number of nitrogens with one attached hydrogen (secondary N) is 1. The Labute approximate surface area is 112 Å². The topological polar surface area (TPSA) is 53.9 Å². The van der Waals surface area contributed by atoms with Gasteiger partial charge in [0.1, 0.15) is 5.82 Å². The Kier molecular flexibility index (Phi) is 3.76. The second kappa shape index (κ2) is 5.86. The zero-order valence-corrected chi connectivity index (χ0v) is 10.8. The lowest BCUT2D eigenvalue weighted by molar-refractivity contribution is 0.228. The largest absolute Gasteiger partial charge is 0.314 e. The van der Waals surface area contributed by atoms with Gasteiger partial charge in [0.15, 0.2) is 0 Å². The van der Waals surface area contributed by atoms with Gasteiger partial charge in [-0.05, 0) is 18.2 Å². The summed E-state index contributed by atoms with van der Waals surface area (Å²) in [7, 11) is 0. The molecule has 98 valence electrons. The molecule has 0 amide bonds. The third-order valence-corrected chi connectivity index (χ3v) is 3.21. The molecule has 5 nitrogen and oxygen atoms in total. The van der Waals surface area contributed by atoms with Gasteiger partial charge in [0.05, 0.1) is 17.9 Å². The average molecular weight is 255 g/mol. The summed E-state index contributed by atoms with van der Waals surface area (Å²) in [5, 5.41) is 3.35. The lowest BCUT2D eigenvalue weighted by Gasteiger charge is -2.26. The summed E-state index contributed by atoms with van der Waals surface area (Å²) in [6.45, 7) is 5.00. The predicted molar refractivity (Wildman–Crippen MR) is 73.4 cm³/mol. The standard InChI is InChI=1S/C14H17N5/c1-2-5-16-12(3-1)13-4-6-17-14(18-13)11-19-9-7-15-8-10-19/h1-6,15H,7-11H2. The molecule has 1 aliphatic heterocycles. The van der Waals surface area contributed by atoms with Crippen molar-refractivity contribution in [2.45, 2.75) is 6.54 Å². The first-order chi connectivity index (χ1) is 9.42. The van der Waals surface area contributed by atoms with E-state index in [9.17, 15) is 0 Å². The molecule has 2 aromatic heterocycles. The minimum absolute atomic E-state index is 0.808. The molecule has 1 N–H and O–H groups in total. The number of pyridine rings is 1. The van der Waals surface area contributed by atoms with Crippen molar-refractivity contribution in [2.24, 2.45) is 0 Å². The molecule has 0 aliphatic carbocycles. The quantitative estimate of drug-likeness (QED) is 0.884. The number of rotatable bonds is 3. The van der Waals surface area contributed by atoms with Gasteiger partial charge in [-0.2, -0.15) is 0 Å². The molecule has 1 aliphatic rings. The summed E-state index contributed by atoms with van der Waals surface area (Å²) < 4.78 is 0. The zero-order chi connectivity index (χ0) is 12.9. The van der Waals surface area contributed by atoms with Crippen molar-refractivity contribution in [3.8, 4) is 11.4 Å². The number of hydrogen-bond acceptors (Lipinski definition) is 5. The number of nitrogens with zero attached hydrogens (tertiary/aromatic N) is 4. The fourth-order valence-corrected chi connectivity index (χ4v) is 2.20. The molecule has 1 saturated heterocycles. The highest BCUT2D eigenvalue weighted by Crippen LogP contribution is 2.13. The van der Waals surface area contributed by atoms with E-state index < -0.39 is 0 Å². The Morgan fingerprint density at radius 3 is 2.68 bits per heavy atom. The van der Waals surface area contributed by atoms with Gasteiger partial charge >= 0.3 is 0 Å². The highest BCUT2D eigenvalue weighted by Gasteiger charge is 2.12. The van der Waals surface area contributed by atoms with Crippen LogP contribution in [0, 0.1) is 0 Å². The Hall–Kier alpha value is -1.85. The molecule has 5 heteroatoms. The highest BCUT2D eigenvalue weighted by molar-refractivity contribution is 5.52. The minimum atomic E-state index is 0.808. The molecule has 0 unspecified atom stereocenters. The molecule has 0 spiro atoms. The molecule has 3 rings (SSSR count). The fourth-order valence-electron chi connectivity index (χ4n) is 2.20. The summed E-state index contributed by atoms with van der Waals surface area (Å²) >= 11 is 0. The van der Waals surface area contributed by atoms with E-state index in [1.807, 2.05) is 30.5 Å². The number of hydrogen-bond donors (Lipinski definition) is 1. The molecular formula is C14H17N5. The molecule has 0 aromatic carbocycles. The molecule has 0 atom stereocenters. The van der Waals surface area contributed by atoms with Crippen LogP contribution in [0.2, 0.25) is 0 Å². The maximum atomic E-state index is 4.60. The van der Waals surface area contributed by atoms with Gasteiger partial charge in [-0.3, -0.25) is 9.88 Å². The summed E-state index contributed by atoms with van der Waals surface area (Å²) in [6.07, 6.45) is 3.60. The van der Waals surface area contributed by atoms with Crippen molar-refractivity contribution in [2.75, 3.05) is 26.2 Å². The average Bonchev–Trinajstić information content (AvgIpc) is 2.49. The number of aromatic nitrogens is 3. The molecule has 0 saturated carbocycles. The Morgan fingerprint density at radius 1 is 1.00 bits per heavy atom. The van der Waals surface area contributed by atoms with Crippen LogP contribution in [0.15, 0.2) is 36.7 Å². The van der Waals surface area contributed by atoms with Crippen LogP contribution < -0.4 is 5.32 Å².